The highest BCUT2D eigenvalue weighted by atomic mass is 15.3. The smallest absolute Gasteiger partial charge is 0.130 e. The second-order valence-corrected chi connectivity index (χ2v) is 5.08. The number of hydrogen-bond donors (Lipinski definition) is 0. The topological polar surface area (TPSA) is 43.2 Å². The second-order valence-electron chi connectivity index (χ2n) is 5.08. The normalized spacial score (nSPS) is 16.9. The van der Waals surface area contributed by atoms with Crippen molar-refractivity contribution in [2.45, 2.75) is 26.8 Å². The van der Waals surface area contributed by atoms with E-state index < -0.39 is 0 Å². The zero-order chi connectivity index (χ0) is 13.1. The van der Waals surface area contributed by atoms with Crippen LogP contribution >= 0.6 is 0 Å². The average Bonchev–Trinajstić information content (AvgIpc) is 2.38. The molecule has 4 nitrogen and oxygen atoms in total. The van der Waals surface area contributed by atoms with E-state index >= 15 is 0 Å². The zero-order valence-electron chi connectivity index (χ0n) is 11.3. The van der Waals surface area contributed by atoms with Gasteiger partial charge in [-0.1, -0.05) is 0 Å². The van der Waals surface area contributed by atoms with Crippen LogP contribution in [0.15, 0.2) is 12.1 Å². The van der Waals surface area contributed by atoms with Crippen molar-refractivity contribution in [3.63, 3.8) is 0 Å². The molecule has 1 fully saturated rings. The number of nitriles is 1. The van der Waals surface area contributed by atoms with Crippen molar-refractivity contribution in [1.82, 2.24) is 9.88 Å². The highest BCUT2D eigenvalue weighted by Gasteiger charge is 2.20. The van der Waals surface area contributed by atoms with Gasteiger partial charge in [-0.05, 0) is 32.9 Å². The van der Waals surface area contributed by atoms with Gasteiger partial charge in [0, 0.05) is 37.9 Å². The molecule has 1 saturated heterocycles. The lowest BCUT2D eigenvalue weighted by Crippen LogP contribution is -2.49. The summed E-state index contributed by atoms with van der Waals surface area (Å²) in [5.41, 5.74) is 1.61. The van der Waals surface area contributed by atoms with Gasteiger partial charge < -0.3 is 4.90 Å². The molecule has 4 heteroatoms. The molecule has 1 aromatic rings. The predicted molar refractivity (Wildman–Crippen MR) is 72.6 cm³/mol. The first-order valence-corrected chi connectivity index (χ1v) is 6.48. The third-order valence-corrected chi connectivity index (χ3v) is 3.44. The Balaban J connectivity index is 2.10. The Morgan fingerprint density at radius 1 is 1.22 bits per heavy atom. The first-order chi connectivity index (χ1) is 8.60. The maximum Gasteiger partial charge on any atom is 0.130 e. The van der Waals surface area contributed by atoms with Crippen LogP contribution in [-0.4, -0.2) is 42.1 Å². The van der Waals surface area contributed by atoms with Crippen molar-refractivity contribution in [3.05, 3.63) is 23.4 Å². The Labute approximate surface area is 109 Å². The lowest BCUT2D eigenvalue weighted by molar-refractivity contribution is 0.209. The van der Waals surface area contributed by atoms with Gasteiger partial charge in [-0.3, -0.25) is 4.90 Å². The summed E-state index contributed by atoms with van der Waals surface area (Å²) < 4.78 is 0. The van der Waals surface area contributed by atoms with Gasteiger partial charge in [0.15, 0.2) is 0 Å². The van der Waals surface area contributed by atoms with Crippen LogP contribution in [0.25, 0.3) is 0 Å². The number of hydrogen-bond acceptors (Lipinski definition) is 4. The molecular weight excluding hydrogens is 224 g/mol. The van der Waals surface area contributed by atoms with E-state index in [9.17, 15) is 0 Å². The Morgan fingerprint density at radius 2 is 1.89 bits per heavy atom. The molecule has 0 spiro atoms. The van der Waals surface area contributed by atoms with Crippen molar-refractivity contribution in [2.75, 3.05) is 31.1 Å². The van der Waals surface area contributed by atoms with Crippen molar-refractivity contribution < 1.29 is 0 Å². The SMILES string of the molecule is Cc1cc(C#N)cc(N2CCN(C(C)C)CC2)n1. The van der Waals surface area contributed by atoms with Gasteiger partial charge in [-0.2, -0.15) is 5.26 Å². The summed E-state index contributed by atoms with van der Waals surface area (Å²) in [6.07, 6.45) is 0. The molecule has 2 rings (SSSR count). The fourth-order valence-corrected chi connectivity index (χ4v) is 2.34. The van der Waals surface area contributed by atoms with Gasteiger partial charge in [0.05, 0.1) is 11.6 Å². The van der Waals surface area contributed by atoms with Gasteiger partial charge in [0.25, 0.3) is 0 Å². The quantitative estimate of drug-likeness (QED) is 0.795. The van der Waals surface area contributed by atoms with Gasteiger partial charge in [0.2, 0.25) is 0 Å². The van der Waals surface area contributed by atoms with Crippen LogP contribution < -0.4 is 4.90 Å². The molecule has 1 aromatic heterocycles. The monoisotopic (exact) mass is 244 g/mol. The lowest BCUT2D eigenvalue weighted by Gasteiger charge is -2.37. The number of rotatable bonds is 2. The standard InChI is InChI=1S/C14H20N4/c1-11(2)17-4-6-18(7-5-17)14-9-13(10-15)8-12(3)16-14/h8-9,11H,4-7H2,1-3H3. The van der Waals surface area contributed by atoms with E-state index in [1.165, 1.54) is 0 Å². The average molecular weight is 244 g/mol. The van der Waals surface area contributed by atoms with Gasteiger partial charge in [-0.25, -0.2) is 4.98 Å². The van der Waals surface area contributed by atoms with E-state index in [4.69, 9.17) is 5.26 Å². The van der Waals surface area contributed by atoms with Crippen molar-refractivity contribution in [3.8, 4) is 6.07 Å². The third-order valence-electron chi connectivity index (χ3n) is 3.44. The van der Waals surface area contributed by atoms with Crippen LogP contribution in [0, 0.1) is 18.3 Å². The minimum Gasteiger partial charge on any atom is -0.354 e. The Hall–Kier alpha value is -1.60. The van der Waals surface area contributed by atoms with E-state index in [0.717, 1.165) is 37.7 Å². The van der Waals surface area contributed by atoms with Crippen LogP contribution in [0.4, 0.5) is 5.82 Å². The molecule has 0 unspecified atom stereocenters. The number of aromatic nitrogens is 1. The van der Waals surface area contributed by atoms with E-state index in [1.54, 1.807) is 0 Å². The van der Waals surface area contributed by atoms with Crippen molar-refractivity contribution in [1.29, 1.82) is 5.26 Å². The highest BCUT2D eigenvalue weighted by molar-refractivity contribution is 5.47. The summed E-state index contributed by atoms with van der Waals surface area (Å²) in [5.74, 6) is 0.940. The van der Waals surface area contributed by atoms with E-state index in [1.807, 2.05) is 19.1 Å². The molecule has 1 aliphatic rings. The molecule has 2 heterocycles. The summed E-state index contributed by atoms with van der Waals surface area (Å²) in [5, 5.41) is 9.00. The van der Waals surface area contributed by atoms with Gasteiger partial charge in [0.1, 0.15) is 5.82 Å². The van der Waals surface area contributed by atoms with Crippen LogP contribution in [0.1, 0.15) is 25.1 Å². The predicted octanol–water partition coefficient (Wildman–Crippen LogP) is 1.79. The van der Waals surface area contributed by atoms with Gasteiger partial charge >= 0.3 is 0 Å². The molecule has 0 radical (unpaired) electrons. The first kappa shape index (κ1) is 12.8. The summed E-state index contributed by atoms with van der Waals surface area (Å²) >= 11 is 0. The zero-order valence-corrected chi connectivity index (χ0v) is 11.3. The van der Waals surface area contributed by atoms with Crippen molar-refractivity contribution in [2.24, 2.45) is 0 Å². The Kier molecular flexibility index (Phi) is 3.83. The summed E-state index contributed by atoms with van der Waals surface area (Å²) in [6.45, 7) is 10.5. The molecule has 18 heavy (non-hydrogen) atoms. The molecule has 0 atom stereocenters. The van der Waals surface area contributed by atoms with Gasteiger partial charge in [-0.15, -0.1) is 0 Å². The number of anilines is 1. The van der Waals surface area contributed by atoms with E-state index in [2.05, 4.69) is 34.7 Å². The first-order valence-electron chi connectivity index (χ1n) is 6.48. The molecule has 1 aliphatic heterocycles. The molecule has 0 aromatic carbocycles. The highest BCUT2D eigenvalue weighted by Crippen LogP contribution is 2.17. The van der Waals surface area contributed by atoms with Crippen LogP contribution in [-0.2, 0) is 0 Å². The number of aryl methyl sites for hydroxylation is 1. The minimum atomic E-state index is 0.604. The number of nitrogens with zero attached hydrogens (tertiary/aromatic N) is 4. The van der Waals surface area contributed by atoms with Crippen LogP contribution in [0.5, 0.6) is 0 Å². The third kappa shape index (κ3) is 2.80. The summed E-state index contributed by atoms with van der Waals surface area (Å²) in [6, 6.07) is 6.52. The molecule has 0 saturated carbocycles. The maximum atomic E-state index is 9.00. The molecule has 0 N–H and O–H groups in total. The summed E-state index contributed by atoms with van der Waals surface area (Å²) in [4.78, 5) is 9.27. The van der Waals surface area contributed by atoms with Crippen molar-refractivity contribution >= 4 is 5.82 Å². The molecule has 0 amide bonds. The molecule has 0 aliphatic carbocycles. The molecule has 96 valence electrons. The second kappa shape index (κ2) is 5.36. The van der Waals surface area contributed by atoms with Crippen LogP contribution in [0.3, 0.4) is 0 Å². The number of piperazine rings is 1. The molecule has 0 bridgehead atoms. The van der Waals surface area contributed by atoms with E-state index in [0.29, 0.717) is 11.6 Å². The molecular formula is C14H20N4. The number of pyridine rings is 1. The fourth-order valence-electron chi connectivity index (χ4n) is 2.34. The largest absolute Gasteiger partial charge is 0.354 e. The minimum absolute atomic E-state index is 0.604. The lowest BCUT2D eigenvalue weighted by atomic mass is 10.2. The fraction of sp³-hybridized carbons (Fsp3) is 0.571. The summed E-state index contributed by atoms with van der Waals surface area (Å²) in [7, 11) is 0. The van der Waals surface area contributed by atoms with E-state index in [-0.39, 0.29) is 0 Å². The Morgan fingerprint density at radius 3 is 2.44 bits per heavy atom. The Bertz CT molecular complexity index is 453. The maximum absolute atomic E-state index is 9.00. The van der Waals surface area contributed by atoms with Crippen LogP contribution in [0.2, 0.25) is 0 Å².